The topological polar surface area (TPSA) is 18.5 Å². The molecule has 0 saturated carbocycles. The number of fused-ring (bicyclic) bond motifs is 11. The van der Waals surface area contributed by atoms with Crippen molar-refractivity contribution >= 4 is 22.9 Å². The summed E-state index contributed by atoms with van der Waals surface area (Å²) in [6, 6.07) is 28.9. The number of benzene rings is 5. The van der Waals surface area contributed by atoms with Gasteiger partial charge in [-0.25, -0.2) is 0 Å². The molecular weight excluding hydrogens is 617 g/mol. The van der Waals surface area contributed by atoms with Gasteiger partial charge in [0.1, 0.15) is 11.5 Å². The maximum absolute atomic E-state index is 14.0. The highest BCUT2D eigenvalue weighted by molar-refractivity contribution is 6.08. The van der Waals surface area contributed by atoms with E-state index < -0.39 is 22.8 Å². The molecule has 242 valence electrons. The zero-order chi connectivity index (χ0) is 33.7. The molecule has 1 aliphatic heterocycles. The van der Waals surface area contributed by atoms with Crippen LogP contribution in [0.5, 0.6) is 11.5 Å². The fourth-order valence-electron chi connectivity index (χ4n) is 8.69. The molecule has 0 amide bonds. The summed E-state index contributed by atoms with van der Waals surface area (Å²) in [5.74, 6) is 1.66. The summed E-state index contributed by atoms with van der Waals surface area (Å²) in [6.07, 6.45) is 10.9. The van der Waals surface area contributed by atoms with Crippen molar-refractivity contribution in [1.29, 1.82) is 0 Å². The highest BCUT2D eigenvalue weighted by Gasteiger charge is 2.48. The molecule has 4 aliphatic rings. The molecule has 3 atom stereocenters. The molecule has 5 aromatic rings. The van der Waals surface area contributed by atoms with E-state index in [2.05, 4.69) is 91.1 Å². The van der Waals surface area contributed by atoms with Gasteiger partial charge in [-0.1, -0.05) is 117 Å². The van der Waals surface area contributed by atoms with Crippen LogP contribution < -0.4 is 9.47 Å². The van der Waals surface area contributed by atoms with E-state index >= 15 is 0 Å². The van der Waals surface area contributed by atoms with E-state index in [0.29, 0.717) is 5.56 Å². The van der Waals surface area contributed by atoms with Crippen molar-refractivity contribution in [2.75, 3.05) is 7.11 Å². The minimum absolute atomic E-state index is 0.0374. The Morgan fingerprint density at radius 3 is 2.27 bits per heavy atom. The smallest absolute Gasteiger partial charge is 0.416 e. The van der Waals surface area contributed by atoms with Crippen LogP contribution in [0.1, 0.15) is 58.7 Å². The lowest BCUT2D eigenvalue weighted by Crippen LogP contribution is -2.40. The second kappa shape index (κ2) is 10.4. The molecule has 3 aliphatic carbocycles. The normalized spacial score (nSPS) is 22.4. The Labute approximate surface area is 283 Å². The lowest BCUT2D eigenvalue weighted by atomic mass is 9.66. The number of hydrogen-bond acceptors (Lipinski definition) is 2. The second-order valence-electron chi connectivity index (χ2n) is 13.9. The van der Waals surface area contributed by atoms with E-state index in [1.54, 1.807) is 13.2 Å². The number of hydrogen-bond donors (Lipinski definition) is 0. The lowest BCUT2D eigenvalue weighted by Gasteiger charge is -2.45. The Kier molecular flexibility index (Phi) is 6.30. The molecule has 0 saturated heterocycles. The summed E-state index contributed by atoms with van der Waals surface area (Å²) in [7, 11) is 1.66. The Hall–Kier alpha value is -5.29. The van der Waals surface area contributed by atoms with Gasteiger partial charge in [0.25, 0.3) is 0 Å². The van der Waals surface area contributed by atoms with Crippen LogP contribution in [-0.4, -0.2) is 7.11 Å². The molecule has 0 N–H and O–H groups in total. The molecule has 3 unspecified atom stereocenters. The number of alkyl halides is 3. The van der Waals surface area contributed by atoms with Gasteiger partial charge in [0.05, 0.1) is 12.7 Å². The van der Waals surface area contributed by atoms with Crippen LogP contribution in [0.4, 0.5) is 13.2 Å². The van der Waals surface area contributed by atoms with Crippen LogP contribution >= 0.6 is 0 Å². The van der Waals surface area contributed by atoms with Gasteiger partial charge in [0.2, 0.25) is 0 Å². The van der Waals surface area contributed by atoms with E-state index in [-0.39, 0.29) is 11.8 Å². The van der Waals surface area contributed by atoms with E-state index in [1.165, 1.54) is 17.7 Å². The van der Waals surface area contributed by atoms with E-state index in [4.69, 9.17) is 9.47 Å². The molecule has 0 fully saturated rings. The van der Waals surface area contributed by atoms with Crippen molar-refractivity contribution in [3.05, 3.63) is 166 Å². The van der Waals surface area contributed by atoms with Crippen molar-refractivity contribution in [2.24, 2.45) is 5.92 Å². The molecule has 0 spiro atoms. The number of ether oxygens (including phenoxy) is 2. The number of methoxy groups -OCH3 is 1. The summed E-state index contributed by atoms with van der Waals surface area (Å²) in [5.41, 5.74) is 6.55. The van der Waals surface area contributed by atoms with Crippen LogP contribution in [0.3, 0.4) is 0 Å². The summed E-state index contributed by atoms with van der Waals surface area (Å²) >= 11 is 0. The van der Waals surface area contributed by atoms with Crippen LogP contribution in [0.2, 0.25) is 0 Å². The predicted octanol–water partition coefficient (Wildman–Crippen LogP) is 11.4. The summed E-state index contributed by atoms with van der Waals surface area (Å²) in [6.45, 7) is 4.05. The summed E-state index contributed by atoms with van der Waals surface area (Å²) < 4.78 is 55.1. The van der Waals surface area contributed by atoms with Gasteiger partial charge in [-0.3, -0.25) is 0 Å². The summed E-state index contributed by atoms with van der Waals surface area (Å²) in [4.78, 5) is 0. The zero-order valence-electron chi connectivity index (χ0n) is 27.3. The second-order valence-corrected chi connectivity index (χ2v) is 13.9. The standard InChI is InChI=1S/C44H33F3O2/c1-42(2)37-25-28(44(45,46)47)18-21-35(37)39-33-14-8-9-15-34(33)41-36(40(39)42)22-23-43(49-41,27-16-19-29(48-3)20-17-27)38-24-26-10-4-5-11-30(26)31-12-6-7-13-32(31)38/h4-25,31-32H,1-3H3. The van der Waals surface area contributed by atoms with Crippen LogP contribution in [-0.2, 0) is 17.2 Å². The average Bonchev–Trinajstić information content (AvgIpc) is 3.37. The summed E-state index contributed by atoms with van der Waals surface area (Å²) in [5, 5.41) is 1.89. The first kappa shape index (κ1) is 29.8. The van der Waals surface area contributed by atoms with Gasteiger partial charge in [-0.2, -0.15) is 13.2 Å². The number of allylic oxidation sites excluding steroid dienone is 4. The van der Waals surface area contributed by atoms with Crippen molar-refractivity contribution in [3.8, 4) is 22.6 Å². The third kappa shape index (κ3) is 4.21. The zero-order valence-corrected chi connectivity index (χ0v) is 27.3. The molecular formula is C44H33F3O2. The highest BCUT2D eigenvalue weighted by Crippen LogP contribution is 2.60. The third-order valence-corrected chi connectivity index (χ3v) is 11.0. The van der Waals surface area contributed by atoms with Gasteiger partial charge < -0.3 is 9.47 Å². The SMILES string of the molecule is COc1ccc(C2(C3=Cc4ccccc4C4C=CC=CC34)C=Cc3c4c(c5ccccc5c3O2)-c2ccc(C(F)(F)F)cc2C4(C)C)cc1. The van der Waals surface area contributed by atoms with Gasteiger partial charge in [0, 0.05) is 33.8 Å². The first-order valence-electron chi connectivity index (χ1n) is 16.6. The maximum atomic E-state index is 14.0. The number of rotatable bonds is 3. The molecule has 9 rings (SSSR count). The first-order valence-corrected chi connectivity index (χ1v) is 16.6. The minimum Gasteiger partial charge on any atom is -0.497 e. The molecule has 0 aromatic heterocycles. The highest BCUT2D eigenvalue weighted by atomic mass is 19.4. The maximum Gasteiger partial charge on any atom is 0.416 e. The molecule has 0 bridgehead atoms. The van der Waals surface area contributed by atoms with Crippen molar-refractivity contribution in [1.82, 2.24) is 0 Å². The predicted molar refractivity (Wildman–Crippen MR) is 190 cm³/mol. The fraction of sp³-hybridized carbons (Fsp3) is 0.182. The Morgan fingerprint density at radius 1 is 0.796 bits per heavy atom. The van der Waals surface area contributed by atoms with Crippen LogP contribution in [0.15, 0.2) is 127 Å². The molecule has 0 radical (unpaired) electrons. The Bertz CT molecular complexity index is 2320. The number of halogens is 3. The minimum atomic E-state index is -4.44. The van der Waals surface area contributed by atoms with Crippen molar-refractivity contribution < 1.29 is 22.6 Å². The quantitative estimate of drug-likeness (QED) is 0.193. The van der Waals surface area contributed by atoms with Crippen molar-refractivity contribution in [2.45, 2.75) is 37.0 Å². The molecule has 5 aromatic carbocycles. The monoisotopic (exact) mass is 650 g/mol. The molecule has 5 heteroatoms. The third-order valence-electron chi connectivity index (χ3n) is 11.0. The van der Waals surface area contributed by atoms with E-state index in [1.807, 2.05) is 38.1 Å². The molecule has 1 heterocycles. The average molecular weight is 651 g/mol. The van der Waals surface area contributed by atoms with Crippen LogP contribution in [0, 0.1) is 5.92 Å². The van der Waals surface area contributed by atoms with Crippen molar-refractivity contribution in [3.63, 3.8) is 0 Å². The lowest BCUT2D eigenvalue weighted by molar-refractivity contribution is -0.137. The van der Waals surface area contributed by atoms with Gasteiger partial charge in [-0.05, 0) is 74.7 Å². The van der Waals surface area contributed by atoms with Gasteiger partial charge in [0.15, 0.2) is 5.60 Å². The van der Waals surface area contributed by atoms with E-state index in [0.717, 1.165) is 61.2 Å². The molecule has 2 nitrogen and oxygen atoms in total. The Morgan fingerprint density at radius 2 is 1.51 bits per heavy atom. The van der Waals surface area contributed by atoms with Crippen LogP contribution in [0.25, 0.3) is 34.1 Å². The van der Waals surface area contributed by atoms with E-state index in [9.17, 15) is 13.2 Å². The largest absolute Gasteiger partial charge is 0.497 e. The Balaban J connectivity index is 1.32. The fourth-order valence-corrected chi connectivity index (χ4v) is 8.69. The molecule has 49 heavy (non-hydrogen) atoms. The first-order chi connectivity index (χ1) is 23.6. The van der Waals surface area contributed by atoms with Gasteiger partial charge in [-0.15, -0.1) is 0 Å². The van der Waals surface area contributed by atoms with Gasteiger partial charge >= 0.3 is 6.18 Å².